The van der Waals surface area contributed by atoms with E-state index in [9.17, 15) is 18.7 Å². The smallest absolute Gasteiger partial charge is 0.251 e. The number of amides is 1. The third kappa shape index (κ3) is 3.86. The fraction of sp³-hybridized carbons (Fsp3) is 0.188. The second kappa shape index (κ2) is 6.45. The normalized spacial score (nSPS) is 13.5. The first kappa shape index (κ1) is 15.1. The molecule has 0 aliphatic carbocycles. The lowest BCUT2D eigenvalue weighted by Gasteiger charge is -2.20. The minimum Gasteiger partial charge on any atom is -0.386 e. The standard InChI is InChI=1S/C16H15F2NO2/c1-10(15(20)11-2-6-13(17)7-3-11)19-16(21)12-4-8-14(18)9-5-12/h2-10,15,20H,1H3,(H,19,21). The molecule has 2 N–H and O–H groups in total. The summed E-state index contributed by atoms with van der Waals surface area (Å²) < 4.78 is 25.6. The van der Waals surface area contributed by atoms with E-state index in [0.29, 0.717) is 11.1 Å². The highest BCUT2D eigenvalue weighted by molar-refractivity contribution is 5.94. The van der Waals surface area contributed by atoms with Gasteiger partial charge in [0.25, 0.3) is 5.91 Å². The predicted octanol–water partition coefficient (Wildman–Crippen LogP) is 2.82. The van der Waals surface area contributed by atoms with Gasteiger partial charge in [0.2, 0.25) is 0 Å². The summed E-state index contributed by atoms with van der Waals surface area (Å²) in [5.41, 5.74) is 0.804. The molecule has 0 saturated carbocycles. The number of hydrogen-bond acceptors (Lipinski definition) is 2. The van der Waals surface area contributed by atoms with Crippen LogP contribution in [0, 0.1) is 11.6 Å². The Morgan fingerprint density at radius 1 is 1.00 bits per heavy atom. The van der Waals surface area contributed by atoms with Crippen molar-refractivity contribution in [3.63, 3.8) is 0 Å². The maximum atomic E-state index is 12.8. The zero-order chi connectivity index (χ0) is 15.4. The van der Waals surface area contributed by atoms with Crippen molar-refractivity contribution in [3.8, 4) is 0 Å². The van der Waals surface area contributed by atoms with Crippen LogP contribution >= 0.6 is 0 Å². The van der Waals surface area contributed by atoms with Gasteiger partial charge in [-0.3, -0.25) is 4.79 Å². The van der Waals surface area contributed by atoms with Gasteiger partial charge in [0, 0.05) is 5.56 Å². The fourth-order valence-corrected chi connectivity index (χ4v) is 1.92. The number of halogens is 2. The highest BCUT2D eigenvalue weighted by atomic mass is 19.1. The van der Waals surface area contributed by atoms with Crippen molar-refractivity contribution in [2.24, 2.45) is 0 Å². The first-order chi connectivity index (χ1) is 9.97. The molecule has 110 valence electrons. The summed E-state index contributed by atoms with van der Waals surface area (Å²) in [4.78, 5) is 12.0. The molecule has 3 nitrogen and oxygen atoms in total. The van der Waals surface area contributed by atoms with Gasteiger partial charge in [-0.15, -0.1) is 0 Å². The lowest BCUT2D eigenvalue weighted by Crippen LogP contribution is -2.37. The van der Waals surface area contributed by atoms with Gasteiger partial charge < -0.3 is 10.4 Å². The van der Waals surface area contributed by atoms with E-state index in [1.807, 2.05) is 0 Å². The topological polar surface area (TPSA) is 49.3 Å². The van der Waals surface area contributed by atoms with Crippen LogP contribution in [0.4, 0.5) is 8.78 Å². The van der Waals surface area contributed by atoms with Crippen molar-refractivity contribution in [2.45, 2.75) is 19.1 Å². The lowest BCUT2D eigenvalue weighted by molar-refractivity contribution is 0.0852. The SMILES string of the molecule is CC(NC(=O)c1ccc(F)cc1)C(O)c1ccc(F)cc1. The quantitative estimate of drug-likeness (QED) is 0.910. The zero-order valence-electron chi connectivity index (χ0n) is 11.4. The molecule has 2 aromatic carbocycles. The van der Waals surface area contributed by atoms with Crippen LogP contribution in [0.15, 0.2) is 48.5 Å². The van der Waals surface area contributed by atoms with E-state index in [1.54, 1.807) is 6.92 Å². The summed E-state index contributed by atoms with van der Waals surface area (Å²) in [7, 11) is 0. The van der Waals surface area contributed by atoms with E-state index in [1.165, 1.54) is 48.5 Å². The van der Waals surface area contributed by atoms with Crippen LogP contribution in [0.1, 0.15) is 28.9 Å². The van der Waals surface area contributed by atoms with Crippen molar-refractivity contribution < 1.29 is 18.7 Å². The Labute approximate surface area is 121 Å². The minimum atomic E-state index is -0.963. The molecule has 0 aromatic heterocycles. The van der Waals surface area contributed by atoms with Gasteiger partial charge in [0.05, 0.1) is 12.1 Å². The Balaban J connectivity index is 2.03. The lowest BCUT2D eigenvalue weighted by atomic mass is 10.0. The number of nitrogens with one attached hydrogen (secondary N) is 1. The average Bonchev–Trinajstić information content (AvgIpc) is 2.47. The highest BCUT2D eigenvalue weighted by Crippen LogP contribution is 2.17. The Hall–Kier alpha value is -2.27. The van der Waals surface area contributed by atoms with Crippen molar-refractivity contribution in [2.75, 3.05) is 0 Å². The van der Waals surface area contributed by atoms with Crippen molar-refractivity contribution in [1.82, 2.24) is 5.32 Å². The fourth-order valence-electron chi connectivity index (χ4n) is 1.92. The Morgan fingerprint density at radius 2 is 1.48 bits per heavy atom. The minimum absolute atomic E-state index is 0.301. The van der Waals surface area contributed by atoms with Crippen LogP contribution in [0.3, 0.4) is 0 Å². The van der Waals surface area contributed by atoms with E-state index < -0.39 is 29.7 Å². The summed E-state index contributed by atoms with van der Waals surface area (Å²) >= 11 is 0. The molecule has 21 heavy (non-hydrogen) atoms. The van der Waals surface area contributed by atoms with Crippen LogP contribution in [0.5, 0.6) is 0 Å². The van der Waals surface area contributed by atoms with Gasteiger partial charge in [0.15, 0.2) is 0 Å². The van der Waals surface area contributed by atoms with Crippen LogP contribution in [0.2, 0.25) is 0 Å². The van der Waals surface area contributed by atoms with E-state index in [0.717, 1.165) is 0 Å². The van der Waals surface area contributed by atoms with E-state index in [2.05, 4.69) is 5.32 Å². The van der Waals surface area contributed by atoms with Gasteiger partial charge >= 0.3 is 0 Å². The Bertz CT molecular complexity index is 611. The number of carbonyl (C=O) groups excluding carboxylic acids is 1. The van der Waals surface area contributed by atoms with Crippen LogP contribution < -0.4 is 5.32 Å². The van der Waals surface area contributed by atoms with Crippen molar-refractivity contribution >= 4 is 5.91 Å². The molecule has 0 saturated heterocycles. The number of hydrogen-bond donors (Lipinski definition) is 2. The molecule has 0 bridgehead atoms. The monoisotopic (exact) mass is 291 g/mol. The van der Waals surface area contributed by atoms with E-state index in [-0.39, 0.29) is 0 Å². The number of aliphatic hydroxyl groups is 1. The zero-order valence-corrected chi connectivity index (χ0v) is 11.4. The third-order valence-corrected chi connectivity index (χ3v) is 3.15. The molecule has 0 radical (unpaired) electrons. The summed E-state index contributed by atoms with van der Waals surface area (Å²) in [5, 5.41) is 12.7. The molecule has 1 amide bonds. The first-order valence-electron chi connectivity index (χ1n) is 6.47. The molecule has 0 aliphatic rings. The molecule has 2 aromatic rings. The average molecular weight is 291 g/mol. The number of benzene rings is 2. The van der Waals surface area contributed by atoms with Gasteiger partial charge in [0.1, 0.15) is 11.6 Å². The number of aliphatic hydroxyl groups excluding tert-OH is 1. The first-order valence-corrected chi connectivity index (χ1v) is 6.47. The van der Waals surface area contributed by atoms with Gasteiger partial charge in [-0.25, -0.2) is 8.78 Å². The molecule has 0 spiro atoms. The van der Waals surface area contributed by atoms with E-state index >= 15 is 0 Å². The molecular weight excluding hydrogens is 276 g/mol. The summed E-state index contributed by atoms with van der Waals surface area (Å²) in [6, 6.07) is 9.93. The molecule has 0 fully saturated rings. The largest absolute Gasteiger partial charge is 0.386 e. The maximum Gasteiger partial charge on any atom is 0.251 e. The summed E-state index contributed by atoms with van der Waals surface area (Å²) in [6.07, 6.45) is -0.963. The molecule has 2 rings (SSSR count). The molecule has 0 heterocycles. The molecule has 2 atom stereocenters. The summed E-state index contributed by atoms with van der Waals surface area (Å²) in [5.74, 6) is -1.23. The van der Waals surface area contributed by atoms with Crippen LogP contribution in [-0.2, 0) is 0 Å². The van der Waals surface area contributed by atoms with Crippen molar-refractivity contribution in [1.29, 1.82) is 0 Å². The van der Waals surface area contributed by atoms with Crippen LogP contribution in [0.25, 0.3) is 0 Å². The second-order valence-corrected chi connectivity index (χ2v) is 4.77. The predicted molar refractivity (Wildman–Crippen MR) is 74.7 cm³/mol. The maximum absolute atomic E-state index is 12.8. The van der Waals surface area contributed by atoms with E-state index in [4.69, 9.17) is 0 Å². The molecule has 0 aliphatic heterocycles. The number of carbonyl (C=O) groups is 1. The number of rotatable bonds is 4. The van der Waals surface area contributed by atoms with Gasteiger partial charge in [-0.2, -0.15) is 0 Å². The third-order valence-electron chi connectivity index (χ3n) is 3.15. The summed E-state index contributed by atoms with van der Waals surface area (Å²) in [6.45, 7) is 1.63. The highest BCUT2D eigenvalue weighted by Gasteiger charge is 2.19. The molecule has 5 heteroatoms. The van der Waals surface area contributed by atoms with Gasteiger partial charge in [-0.1, -0.05) is 12.1 Å². The molecule has 2 unspecified atom stereocenters. The van der Waals surface area contributed by atoms with Gasteiger partial charge in [-0.05, 0) is 48.9 Å². The van der Waals surface area contributed by atoms with Crippen molar-refractivity contribution in [3.05, 3.63) is 71.3 Å². The second-order valence-electron chi connectivity index (χ2n) is 4.77. The Kier molecular flexibility index (Phi) is 4.65. The van der Waals surface area contributed by atoms with Crippen LogP contribution in [-0.4, -0.2) is 17.1 Å². The molecular formula is C16H15F2NO2. The Morgan fingerprint density at radius 3 is 2.00 bits per heavy atom.